The zero-order valence-corrected chi connectivity index (χ0v) is 15.0. The molecule has 2 atom stereocenters. The van der Waals surface area contributed by atoms with Crippen molar-refractivity contribution in [3.05, 3.63) is 60.2 Å². The second-order valence-corrected chi connectivity index (χ2v) is 6.66. The van der Waals surface area contributed by atoms with Gasteiger partial charge in [-0.05, 0) is 48.3 Å². The molecule has 0 spiro atoms. The Labute approximate surface area is 150 Å². The fourth-order valence-corrected chi connectivity index (χ4v) is 3.04. The van der Waals surface area contributed by atoms with Crippen molar-refractivity contribution in [3.63, 3.8) is 0 Å². The van der Waals surface area contributed by atoms with Crippen LogP contribution in [0.1, 0.15) is 11.6 Å². The van der Waals surface area contributed by atoms with Crippen molar-refractivity contribution >= 4 is 40.0 Å². The topological polar surface area (TPSA) is 38.8 Å². The molecular weight excluding hydrogens is 342 g/mol. The molecule has 24 heavy (non-hydrogen) atoms. The fraction of sp³-hybridized carbons (Fsp3) is 0.222. The van der Waals surface area contributed by atoms with Crippen LogP contribution in [0, 0.1) is 0 Å². The molecule has 1 amide bonds. The van der Waals surface area contributed by atoms with Crippen LogP contribution in [0.4, 0.5) is 5.69 Å². The third-order valence-electron chi connectivity index (χ3n) is 3.93. The summed E-state index contributed by atoms with van der Waals surface area (Å²) in [6.07, 6.45) is 1.25. The molecule has 0 radical (unpaired) electrons. The molecule has 1 fully saturated rings. The van der Waals surface area contributed by atoms with Gasteiger partial charge in [-0.1, -0.05) is 42.1 Å². The summed E-state index contributed by atoms with van der Waals surface area (Å²) >= 11 is 6.45. The highest BCUT2D eigenvalue weighted by Gasteiger charge is 2.51. The summed E-state index contributed by atoms with van der Waals surface area (Å²) < 4.78 is 11.2. The first-order valence-corrected chi connectivity index (χ1v) is 9.05. The number of thioether (sulfide) groups is 1. The molecule has 0 aliphatic carbocycles. The zero-order chi connectivity index (χ0) is 17.1. The van der Waals surface area contributed by atoms with E-state index < -0.39 is 6.10 Å². The average Bonchev–Trinajstić information content (AvgIpc) is 2.64. The van der Waals surface area contributed by atoms with Gasteiger partial charge in [-0.3, -0.25) is 9.69 Å². The van der Waals surface area contributed by atoms with Crippen molar-refractivity contribution in [3.8, 4) is 5.75 Å². The van der Waals surface area contributed by atoms with E-state index in [1.54, 1.807) is 12.0 Å². The summed E-state index contributed by atoms with van der Waals surface area (Å²) in [7, 11) is 1.61. The SMILES string of the molecule is COc1ccc(N2C(=O)[C@@H](OC(=S)SC)[C@H]2c2ccccc2)cc1. The predicted octanol–water partition coefficient (Wildman–Crippen LogP) is 3.82. The van der Waals surface area contributed by atoms with Crippen LogP contribution in [0.2, 0.25) is 0 Å². The van der Waals surface area contributed by atoms with E-state index in [4.69, 9.17) is 21.7 Å². The predicted molar refractivity (Wildman–Crippen MR) is 101 cm³/mol. The van der Waals surface area contributed by atoms with Gasteiger partial charge >= 0.3 is 0 Å². The highest BCUT2D eigenvalue weighted by molar-refractivity contribution is 8.22. The summed E-state index contributed by atoms with van der Waals surface area (Å²) in [5, 5.41) is 0. The number of rotatable bonds is 4. The van der Waals surface area contributed by atoms with E-state index in [-0.39, 0.29) is 11.9 Å². The van der Waals surface area contributed by atoms with Crippen molar-refractivity contribution in [2.75, 3.05) is 18.3 Å². The Morgan fingerprint density at radius 3 is 2.38 bits per heavy atom. The maximum Gasteiger partial charge on any atom is 0.271 e. The number of β-lactam (4-membered cyclic amide) rings is 1. The smallest absolute Gasteiger partial charge is 0.271 e. The van der Waals surface area contributed by atoms with E-state index in [1.807, 2.05) is 60.9 Å². The number of thiocarbonyl (C=S) groups is 1. The molecule has 0 saturated carbocycles. The molecule has 2 aromatic rings. The van der Waals surface area contributed by atoms with Gasteiger partial charge in [-0.25, -0.2) is 0 Å². The van der Waals surface area contributed by atoms with Gasteiger partial charge in [0.15, 0.2) is 0 Å². The normalized spacial score (nSPS) is 19.6. The summed E-state index contributed by atoms with van der Waals surface area (Å²) in [6, 6.07) is 17.1. The molecule has 1 saturated heterocycles. The van der Waals surface area contributed by atoms with Gasteiger partial charge in [0.2, 0.25) is 10.5 Å². The standard InChI is InChI=1S/C18H17NO3S2/c1-21-14-10-8-13(9-11-14)19-15(12-6-4-3-5-7-12)16(17(19)20)22-18(23)24-2/h3-11,15-16H,1-2H3/t15-,16+/m1/s1. The largest absolute Gasteiger partial charge is 0.497 e. The molecule has 6 heteroatoms. The Morgan fingerprint density at radius 1 is 1.12 bits per heavy atom. The number of hydrogen-bond donors (Lipinski definition) is 0. The van der Waals surface area contributed by atoms with Crippen molar-refractivity contribution in [1.29, 1.82) is 0 Å². The number of amides is 1. The zero-order valence-electron chi connectivity index (χ0n) is 13.3. The van der Waals surface area contributed by atoms with Crippen LogP contribution in [0.5, 0.6) is 5.75 Å². The first-order chi connectivity index (χ1) is 11.7. The molecule has 1 aliphatic heterocycles. The van der Waals surface area contributed by atoms with Crippen LogP contribution in [-0.2, 0) is 9.53 Å². The lowest BCUT2D eigenvalue weighted by atomic mass is 9.90. The summed E-state index contributed by atoms with van der Waals surface area (Å²) in [5.74, 6) is 0.657. The maximum atomic E-state index is 12.7. The first-order valence-electron chi connectivity index (χ1n) is 7.42. The lowest BCUT2D eigenvalue weighted by Crippen LogP contribution is -2.60. The van der Waals surface area contributed by atoms with Crippen molar-refractivity contribution in [2.45, 2.75) is 12.1 Å². The van der Waals surface area contributed by atoms with Crippen molar-refractivity contribution in [2.24, 2.45) is 0 Å². The molecule has 124 valence electrons. The van der Waals surface area contributed by atoms with Gasteiger partial charge in [0, 0.05) is 5.69 Å². The Morgan fingerprint density at radius 2 is 1.79 bits per heavy atom. The third kappa shape index (κ3) is 3.12. The molecule has 2 aromatic carbocycles. The van der Waals surface area contributed by atoms with Crippen molar-refractivity contribution < 1.29 is 14.3 Å². The summed E-state index contributed by atoms with van der Waals surface area (Å²) in [6.45, 7) is 0. The minimum absolute atomic E-state index is 0.0922. The van der Waals surface area contributed by atoms with Crippen LogP contribution in [-0.4, -0.2) is 29.8 Å². The van der Waals surface area contributed by atoms with Crippen LogP contribution >= 0.6 is 24.0 Å². The highest BCUT2D eigenvalue weighted by atomic mass is 32.2. The number of carbonyl (C=O) groups is 1. The number of benzene rings is 2. The van der Waals surface area contributed by atoms with E-state index in [0.29, 0.717) is 4.38 Å². The molecule has 0 unspecified atom stereocenters. The lowest BCUT2D eigenvalue weighted by molar-refractivity contribution is -0.135. The highest BCUT2D eigenvalue weighted by Crippen LogP contribution is 2.41. The quantitative estimate of drug-likeness (QED) is 0.613. The monoisotopic (exact) mass is 359 g/mol. The Bertz CT molecular complexity index is 734. The van der Waals surface area contributed by atoms with Gasteiger partial charge < -0.3 is 9.47 Å². The van der Waals surface area contributed by atoms with E-state index in [9.17, 15) is 4.79 Å². The molecule has 0 bridgehead atoms. The Balaban J connectivity index is 1.92. The van der Waals surface area contributed by atoms with Gasteiger partial charge in [-0.2, -0.15) is 0 Å². The first kappa shape index (κ1) is 16.8. The average molecular weight is 359 g/mol. The van der Waals surface area contributed by atoms with Gasteiger partial charge in [0.1, 0.15) is 11.8 Å². The second-order valence-electron chi connectivity index (χ2n) is 5.25. The van der Waals surface area contributed by atoms with E-state index in [1.165, 1.54) is 11.8 Å². The lowest BCUT2D eigenvalue weighted by Gasteiger charge is -2.46. The molecule has 0 N–H and O–H groups in total. The number of hydrogen-bond acceptors (Lipinski definition) is 5. The number of ether oxygens (including phenoxy) is 2. The summed E-state index contributed by atoms with van der Waals surface area (Å²) in [4.78, 5) is 14.4. The number of anilines is 1. The van der Waals surface area contributed by atoms with Gasteiger partial charge in [-0.15, -0.1) is 0 Å². The molecule has 1 aliphatic rings. The number of nitrogens with zero attached hydrogens (tertiary/aromatic N) is 1. The van der Waals surface area contributed by atoms with Crippen LogP contribution in [0.3, 0.4) is 0 Å². The number of methoxy groups -OCH3 is 1. The molecule has 4 nitrogen and oxygen atoms in total. The maximum absolute atomic E-state index is 12.7. The van der Waals surface area contributed by atoms with Crippen LogP contribution in [0.25, 0.3) is 0 Å². The fourth-order valence-electron chi connectivity index (χ4n) is 2.73. The van der Waals surface area contributed by atoms with E-state index in [0.717, 1.165) is 17.0 Å². The van der Waals surface area contributed by atoms with E-state index in [2.05, 4.69) is 0 Å². The third-order valence-corrected chi connectivity index (χ3v) is 4.95. The van der Waals surface area contributed by atoms with Gasteiger partial charge in [0.25, 0.3) is 5.91 Å². The molecule has 1 heterocycles. The minimum atomic E-state index is -0.588. The molecule has 0 aromatic heterocycles. The van der Waals surface area contributed by atoms with Gasteiger partial charge in [0.05, 0.1) is 7.11 Å². The minimum Gasteiger partial charge on any atom is -0.497 e. The molecule has 3 rings (SSSR count). The molecular formula is C18H17NO3S2. The Kier molecular flexibility index (Phi) is 5.06. The van der Waals surface area contributed by atoms with Crippen LogP contribution in [0.15, 0.2) is 54.6 Å². The Hall–Kier alpha value is -2.05. The summed E-state index contributed by atoms with van der Waals surface area (Å²) in [5.41, 5.74) is 1.83. The second kappa shape index (κ2) is 7.23. The van der Waals surface area contributed by atoms with E-state index >= 15 is 0 Å². The van der Waals surface area contributed by atoms with Crippen molar-refractivity contribution in [1.82, 2.24) is 0 Å². The van der Waals surface area contributed by atoms with Crippen LogP contribution < -0.4 is 9.64 Å². The number of carbonyl (C=O) groups excluding carboxylic acids is 1.